The minimum atomic E-state index is -0.548. The summed E-state index contributed by atoms with van der Waals surface area (Å²) in [6.07, 6.45) is 6.02. The van der Waals surface area contributed by atoms with E-state index < -0.39 is 5.60 Å². The third-order valence-corrected chi connectivity index (χ3v) is 7.58. The van der Waals surface area contributed by atoms with E-state index in [2.05, 4.69) is 4.98 Å². The van der Waals surface area contributed by atoms with Gasteiger partial charge in [0.2, 0.25) is 0 Å². The first-order valence-electron chi connectivity index (χ1n) is 11.6. The van der Waals surface area contributed by atoms with Crippen LogP contribution >= 0.6 is 0 Å². The van der Waals surface area contributed by atoms with E-state index in [9.17, 15) is 19.8 Å². The van der Waals surface area contributed by atoms with Crippen LogP contribution in [-0.4, -0.2) is 34.9 Å². The lowest BCUT2D eigenvalue weighted by Crippen LogP contribution is -2.48. The van der Waals surface area contributed by atoms with Crippen molar-refractivity contribution < 1.29 is 10.2 Å². The molecule has 2 bridgehead atoms. The Morgan fingerprint density at radius 3 is 2.28 bits per heavy atom. The maximum absolute atomic E-state index is 13.3. The highest BCUT2D eigenvalue weighted by Gasteiger charge is 2.50. The van der Waals surface area contributed by atoms with Gasteiger partial charge in [-0.05, 0) is 69.1 Å². The third-order valence-electron chi connectivity index (χ3n) is 7.58. The zero-order valence-corrected chi connectivity index (χ0v) is 18.4. The number of imidazole rings is 1. The summed E-state index contributed by atoms with van der Waals surface area (Å²) in [6, 6.07) is 6.93. The van der Waals surface area contributed by atoms with Crippen molar-refractivity contribution in [2.75, 3.05) is 0 Å². The highest BCUT2D eigenvalue weighted by atomic mass is 16.3. The first-order valence-corrected chi connectivity index (χ1v) is 11.6. The number of rotatable bonds is 6. The predicted octanol–water partition coefficient (Wildman–Crippen LogP) is 2.58. The molecule has 1 aromatic carbocycles. The topological polar surface area (TPSA) is 113 Å². The summed E-state index contributed by atoms with van der Waals surface area (Å²) in [4.78, 5) is 34.6. The minimum Gasteiger partial charge on any atom is -0.508 e. The molecule has 0 aliphatic heterocycles. The number of aromatic hydroxyl groups is 1. The van der Waals surface area contributed by atoms with Crippen LogP contribution in [0.5, 0.6) is 5.75 Å². The number of hydrogen-bond donors (Lipinski definition) is 3. The molecule has 0 atom stereocenters. The van der Waals surface area contributed by atoms with Gasteiger partial charge in [0.25, 0.3) is 5.56 Å². The lowest BCUT2D eigenvalue weighted by molar-refractivity contribution is -0.0677. The van der Waals surface area contributed by atoms with Crippen LogP contribution < -0.4 is 11.2 Å². The Bertz CT molecular complexity index is 1240. The van der Waals surface area contributed by atoms with Crippen molar-refractivity contribution in [1.82, 2.24) is 19.1 Å². The van der Waals surface area contributed by atoms with Gasteiger partial charge < -0.3 is 15.2 Å². The van der Waals surface area contributed by atoms with Crippen molar-refractivity contribution in [1.29, 1.82) is 0 Å². The van der Waals surface area contributed by atoms with Crippen LogP contribution in [0.15, 0.2) is 33.9 Å². The number of aliphatic hydroxyl groups is 1. The van der Waals surface area contributed by atoms with E-state index in [1.807, 2.05) is 19.1 Å². The van der Waals surface area contributed by atoms with Gasteiger partial charge in [0.1, 0.15) is 17.1 Å². The lowest BCUT2D eigenvalue weighted by Gasteiger charge is -2.49. The largest absolute Gasteiger partial charge is 0.508 e. The van der Waals surface area contributed by atoms with E-state index in [1.54, 1.807) is 16.7 Å². The van der Waals surface area contributed by atoms with Gasteiger partial charge in [0.05, 0.1) is 5.60 Å². The number of benzene rings is 1. The first-order chi connectivity index (χ1) is 15.3. The zero-order chi connectivity index (χ0) is 22.5. The molecule has 3 aromatic rings. The Morgan fingerprint density at radius 2 is 1.66 bits per heavy atom. The Balaban J connectivity index is 1.59. The fraction of sp³-hybridized carbons (Fsp3) is 0.542. The molecule has 32 heavy (non-hydrogen) atoms. The lowest BCUT2D eigenvalue weighted by atomic mass is 9.58. The molecule has 0 unspecified atom stereocenters. The summed E-state index contributed by atoms with van der Waals surface area (Å²) in [5.74, 6) is 0.978. The molecule has 0 spiro atoms. The maximum atomic E-state index is 13.3. The highest BCUT2D eigenvalue weighted by molar-refractivity contribution is 5.70. The van der Waals surface area contributed by atoms with Crippen LogP contribution in [0, 0.1) is 0 Å². The van der Waals surface area contributed by atoms with Gasteiger partial charge in [-0.1, -0.05) is 19.1 Å². The number of aromatic nitrogens is 4. The van der Waals surface area contributed by atoms with Crippen molar-refractivity contribution in [3.8, 4) is 5.75 Å². The summed E-state index contributed by atoms with van der Waals surface area (Å²) < 4.78 is 2.91. The van der Waals surface area contributed by atoms with Crippen molar-refractivity contribution in [3.63, 3.8) is 0 Å². The second kappa shape index (κ2) is 7.62. The fourth-order valence-corrected chi connectivity index (χ4v) is 5.46. The van der Waals surface area contributed by atoms with Crippen molar-refractivity contribution >= 4 is 11.2 Å². The van der Waals surface area contributed by atoms with Gasteiger partial charge in [-0.2, -0.15) is 0 Å². The second-order valence-electron chi connectivity index (χ2n) is 9.60. The van der Waals surface area contributed by atoms with Crippen molar-refractivity contribution in [2.24, 2.45) is 0 Å². The number of aryl methyl sites for hydroxylation is 2. The van der Waals surface area contributed by atoms with E-state index in [0.717, 1.165) is 49.9 Å². The van der Waals surface area contributed by atoms with Crippen LogP contribution in [-0.2, 0) is 24.9 Å². The molecule has 8 heteroatoms. The quantitative estimate of drug-likeness (QED) is 0.547. The molecule has 0 amide bonds. The van der Waals surface area contributed by atoms with Crippen LogP contribution in [0.2, 0.25) is 0 Å². The molecule has 3 N–H and O–H groups in total. The molecule has 3 fully saturated rings. The van der Waals surface area contributed by atoms with Crippen molar-refractivity contribution in [2.45, 2.75) is 82.4 Å². The molecule has 0 saturated heterocycles. The molecule has 2 aromatic heterocycles. The number of phenolic OH excluding ortho intramolecular Hbond substituents is 1. The smallest absolute Gasteiger partial charge is 0.332 e. The van der Waals surface area contributed by atoms with E-state index in [0.29, 0.717) is 37.1 Å². The minimum absolute atomic E-state index is 0.163. The normalized spacial score (nSPS) is 24.9. The predicted molar refractivity (Wildman–Crippen MR) is 121 cm³/mol. The monoisotopic (exact) mass is 438 g/mol. The molecule has 3 aliphatic carbocycles. The third kappa shape index (κ3) is 3.37. The molecule has 2 heterocycles. The average Bonchev–Trinajstić information content (AvgIpc) is 3.25. The van der Waals surface area contributed by atoms with Crippen LogP contribution in [0.25, 0.3) is 11.2 Å². The number of phenols is 1. The summed E-state index contributed by atoms with van der Waals surface area (Å²) >= 11 is 0. The number of H-pyrrole nitrogens is 1. The first kappa shape index (κ1) is 21.0. The van der Waals surface area contributed by atoms with Gasteiger partial charge in [0, 0.05) is 18.5 Å². The summed E-state index contributed by atoms with van der Waals surface area (Å²) in [7, 11) is 0. The van der Waals surface area contributed by atoms with E-state index in [1.165, 1.54) is 4.57 Å². The SMILES string of the molecule is CCCn1c(=O)c2[nH]c(C34CCC(O)(CC3)CC4)nc2n(CCc2ccc(O)cc2)c1=O. The number of aromatic amines is 1. The van der Waals surface area contributed by atoms with Gasteiger partial charge in [-0.25, -0.2) is 9.78 Å². The maximum Gasteiger partial charge on any atom is 0.332 e. The molecule has 170 valence electrons. The second-order valence-corrected chi connectivity index (χ2v) is 9.60. The number of fused-ring (bicyclic) bond motifs is 4. The highest BCUT2D eigenvalue weighted by Crippen LogP contribution is 2.52. The Kier molecular flexibility index (Phi) is 5.00. The van der Waals surface area contributed by atoms with Gasteiger partial charge >= 0.3 is 5.69 Å². The molecule has 3 saturated carbocycles. The number of nitrogens with one attached hydrogen (secondary N) is 1. The fourth-order valence-electron chi connectivity index (χ4n) is 5.46. The van der Waals surface area contributed by atoms with Crippen LogP contribution in [0.3, 0.4) is 0 Å². The van der Waals surface area contributed by atoms with E-state index in [4.69, 9.17) is 4.98 Å². The molecule has 8 nitrogen and oxygen atoms in total. The molecular weight excluding hydrogens is 408 g/mol. The summed E-state index contributed by atoms with van der Waals surface area (Å²) in [6.45, 7) is 2.69. The standard InChI is InChI=1S/C24H30N4O4/c1-2-14-28-20(30)18-19(27(22(28)31)15-7-16-3-5-17(29)6-4-16)26-21(25-18)23-8-11-24(32,12-9-23)13-10-23/h3-6,29,32H,2,7-15H2,1H3,(H,25,26). The van der Waals surface area contributed by atoms with Crippen LogP contribution in [0.1, 0.15) is 63.3 Å². The Labute approximate surface area is 185 Å². The molecule has 0 radical (unpaired) electrons. The van der Waals surface area contributed by atoms with Gasteiger partial charge in [-0.3, -0.25) is 13.9 Å². The van der Waals surface area contributed by atoms with E-state index >= 15 is 0 Å². The number of hydrogen-bond acceptors (Lipinski definition) is 5. The summed E-state index contributed by atoms with van der Waals surface area (Å²) in [5, 5.41) is 20.1. The van der Waals surface area contributed by atoms with Crippen LogP contribution in [0.4, 0.5) is 0 Å². The summed E-state index contributed by atoms with van der Waals surface area (Å²) in [5.41, 5.74) is 0.439. The average molecular weight is 439 g/mol. The zero-order valence-electron chi connectivity index (χ0n) is 18.4. The van der Waals surface area contributed by atoms with Gasteiger partial charge in [-0.15, -0.1) is 0 Å². The van der Waals surface area contributed by atoms with Crippen molar-refractivity contribution in [3.05, 3.63) is 56.5 Å². The Hall–Kier alpha value is -2.87. The number of nitrogens with zero attached hydrogens (tertiary/aromatic N) is 3. The van der Waals surface area contributed by atoms with Gasteiger partial charge in [0.15, 0.2) is 5.65 Å². The van der Waals surface area contributed by atoms with E-state index in [-0.39, 0.29) is 22.4 Å². The Morgan fingerprint density at radius 1 is 1.00 bits per heavy atom. The molecule has 3 aliphatic rings. The molecular formula is C24H30N4O4. The molecule has 6 rings (SSSR count).